The van der Waals surface area contributed by atoms with Crippen molar-refractivity contribution in [1.29, 1.82) is 5.26 Å². The number of hydrogen-bond acceptors (Lipinski definition) is 5. The molecule has 94 valence electrons. The number of nitriles is 1. The number of ether oxygens (including phenoxy) is 1. The Balaban J connectivity index is 2.82. The van der Waals surface area contributed by atoms with Crippen LogP contribution in [0.2, 0.25) is 0 Å². The molecule has 2 atom stereocenters. The Kier molecular flexibility index (Phi) is 5.47. The molecular weight excluding hydrogens is 220 g/mol. The summed E-state index contributed by atoms with van der Waals surface area (Å²) in [5.41, 5.74) is 0.804. The molecule has 1 rings (SSSR count). The van der Waals surface area contributed by atoms with E-state index in [2.05, 4.69) is 5.16 Å². The maximum Gasteiger partial charge on any atom is 0.324 e. The molecule has 0 aromatic carbocycles. The van der Waals surface area contributed by atoms with Gasteiger partial charge in [0.1, 0.15) is 7.11 Å². The molecule has 0 spiro atoms. The van der Waals surface area contributed by atoms with Gasteiger partial charge in [-0.1, -0.05) is 11.6 Å². The molecule has 0 aromatic rings. The zero-order valence-electron chi connectivity index (χ0n) is 10.3. The molecule has 0 heterocycles. The molecule has 5 nitrogen and oxygen atoms in total. The van der Waals surface area contributed by atoms with Gasteiger partial charge in [0.2, 0.25) is 0 Å². The number of oxime groups is 1. The first-order valence-corrected chi connectivity index (χ1v) is 5.90. The van der Waals surface area contributed by atoms with Crippen molar-refractivity contribution < 1.29 is 14.4 Å². The zero-order valence-corrected chi connectivity index (χ0v) is 10.3. The van der Waals surface area contributed by atoms with Crippen molar-refractivity contribution in [2.24, 2.45) is 17.0 Å². The first-order chi connectivity index (χ1) is 8.24. The van der Waals surface area contributed by atoms with Gasteiger partial charge in [-0.05, 0) is 26.2 Å². The molecule has 0 saturated heterocycles. The Hall–Kier alpha value is -1.57. The van der Waals surface area contributed by atoms with E-state index in [-0.39, 0.29) is 5.92 Å². The average Bonchev–Trinajstić information content (AvgIpc) is 2.33. The number of nitrogens with zero attached hydrogens (tertiary/aromatic N) is 2. The van der Waals surface area contributed by atoms with Gasteiger partial charge in [0, 0.05) is 5.92 Å². The van der Waals surface area contributed by atoms with Crippen LogP contribution in [0, 0.1) is 23.2 Å². The summed E-state index contributed by atoms with van der Waals surface area (Å²) in [6.07, 6.45) is 3.61. The third-order valence-electron chi connectivity index (χ3n) is 2.92. The largest absolute Gasteiger partial charge is 0.465 e. The maximum absolute atomic E-state index is 11.7. The number of esters is 1. The summed E-state index contributed by atoms with van der Waals surface area (Å²) in [6, 6.07) is 2.03. The van der Waals surface area contributed by atoms with Crippen molar-refractivity contribution >= 4 is 11.7 Å². The smallest absolute Gasteiger partial charge is 0.324 e. The molecule has 1 aliphatic carbocycles. The van der Waals surface area contributed by atoms with Crippen LogP contribution < -0.4 is 0 Å². The van der Waals surface area contributed by atoms with Crippen LogP contribution in [-0.4, -0.2) is 25.4 Å². The minimum Gasteiger partial charge on any atom is -0.465 e. The highest BCUT2D eigenvalue weighted by molar-refractivity contribution is 5.92. The van der Waals surface area contributed by atoms with Crippen molar-refractivity contribution in [2.75, 3.05) is 13.7 Å². The van der Waals surface area contributed by atoms with Crippen LogP contribution in [0.3, 0.4) is 0 Å². The average molecular weight is 238 g/mol. The molecule has 5 heteroatoms. The van der Waals surface area contributed by atoms with Gasteiger partial charge in [0.15, 0.2) is 5.92 Å². The van der Waals surface area contributed by atoms with Gasteiger partial charge < -0.3 is 9.57 Å². The second-order valence-corrected chi connectivity index (χ2v) is 3.98. The Bertz CT molecular complexity index is 333. The summed E-state index contributed by atoms with van der Waals surface area (Å²) in [5.74, 6) is -1.37. The molecule has 1 aliphatic rings. The summed E-state index contributed by atoms with van der Waals surface area (Å²) >= 11 is 0. The van der Waals surface area contributed by atoms with Gasteiger partial charge in [0.05, 0.1) is 18.4 Å². The first-order valence-electron chi connectivity index (χ1n) is 5.90. The van der Waals surface area contributed by atoms with Gasteiger partial charge in [-0.2, -0.15) is 5.26 Å². The Morgan fingerprint density at radius 3 is 3.00 bits per heavy atom. The molecule has 1 fully saturated rings. The fraction of sp³-hybridized carbons (Fsp3) is 0.750. The lowest BCUT2D eigenvalue weighted by Gasteiger charge is -2.25. The minimum atomic E-state index is -0.760. The molecule has 2 unspecified atom stereocenters. The van der Waals surface area contributed by atoms with E-state index in [1.54, 1.807) is 6.92 Å². The van der Waals surface area contributed by atoms with Crippen molar-refractivity contribution in [2.45, 2.75) is 32.6 Å². The second kappa shape index (κ2) is 6.89. The Labute approximate surface area is 101 Å². The summed E-state index contributed by atoms with van der Waals surface area (Å²) in [5, 5.41) is 13.0. The standard InChI is InChI=1S/C12H18N2O3/c1-3-17-12(15)10(8-13)9-6-4-5-7-11(9)14-16-2/h9-10H,3-7H2,1-2H3/b14-11+. The zero-order chi connectivity index (χ0) is 12.7. The van der Waals surface area contributed by atoms with E-state index >= 15 is 0 Å². The summed E-state index contributed by atoms with van der Waals surface area (Å²) in [7, 11) is 1.48. The normalized spacial score (nSPS) is 23.8. The first kappa shape index (κ1) is 13.5. The third kappa shape index (κ3) is 3.45. The van der Waals surface area contributed by atoms with E-state index in [1.807, 2.05) is 6.07 Å². The molecule has 1 saturated carbocycles. The quantitative estimate of drug-likeness (QED) is 0.553. The fourth-order valence-electron chi connectivity index (χ4n) is 2.15. The van der Waals surface area contributed by atoms with E-state index in [0.29, 0.717) is 6.61 Å². The predicted molar refractivity (Wildman–Crippen MR) is 62.1 cm³/mol. The second-order valence-electron chi connectivity index (χ2n) is 3.98. The van der Waals surface area contributed by atoms with Crippen LogP contribution in [0.4, 0.5) is 0 Å². The Morgan fingerprint density at radius 2 is 2.41 bits per heavy atom. The lowest BCUT2D eigenvalue weighted by atomic mass is 9.79. The van der Waals surface area contributed by atoms with Crippen molar-refractivity contribution in [1.82, 2.24) is 0 Å². The number of rotatable bonds is 4. The maximum atomic E-state index is 11.7. The van der Waals surface area contributed by atoms with E-state index in [4.69, 9.17) is 14.8 Å². The highest BCUT2D eigenvalue weighted by atomic mass is 16.6. The van der Waals surface area contributed by atoms with Gasteiger partial charge in [-0.15, -0.1) is 0 Å². The van der Waals surface area contributed by atoms with Crippen LogP contribution >= 0.6 is 0 Å². The lowest BCUT2D eigenvalue weighted by molar-refractivity contribution is -0.147. The van der Waals surface area contributed by atoms with Gasteiger partial charge >= 0.3 is 5.97 Å². The van der Waals surface area contributed by atoms with Crippen LogP contribution in [0.25, 0.3) is 0 Å². The topological polar surface area (TPSA) is 71.7 Å². The SMILES string of the molecule is CCOC(=O)C(C#N)C1CCCC/C1=N\OC. The van der Waals surface area contributed by atoms with Crippen LogP contribution in [0.5, 0.6) is 0 Å². The van der Waals surface area contributed by atoms with E-state index in [1.165, 1.54) is 7.11 Å². The molecular formula is C12H18N2O3. The molecule has 0 aromatic heterocycles. The monoisotopic (exact) mass is 238 g/mol. The van der Waals surface area contributed by atoms with Crippen LogP contribution in [-0.2, 0) is 14.4 Å². The minimum absolute atomic E-state index is 0.159. The molecule has 0 bridgehead atoms. The predicted octanol–water partition coefficient (Wildman–Crippen LogP) is 1.88. The highest BCUT2D eigenvalue weighted by Gasteiger charge is 2.35. The molecule has 0 radical (unpaired) electrons. The third-order valence-corrected chi connectivity index (χ3v) is 2.92. The fourth-order valence-corrected chi connectivity index (χ4v) is 2.15. The van der Waals surface area contributed by atoms with Gasteiger partial charge in [-0.25, -0.2) is 0 Å². The molecule has 0 N–H and O–H groups in total. The van der Waals surface area contributed by atoms with Crippen molar-refractivity contribution in [3.63, 3.8) is 0 Å². The van der Waals surface area contributed by atoms with Crippen molar-refractivity contribution in [3.8, 4) is 6.07 Å². The van der Waals surface area contributed by atoms with E-state index in [9.17, 15) is 4.79 Å². The summed E-state index contributed by atoms with van der Waals surface area (Å²) in [4.78, 5) is 16.5. The molecule has 0 aliphatic heterocycles. The molecule has 0 amide bonds. The van der Waals surface area contributed by atoms with Crippen LogP contribution in [0.15, 0.2) is 5.16 Å². The van der Waals surface area contributed by atoms with Crippen molar-refractivity contribution in [3.05, 3.63) is 0 Å². The molecule has 17 heavy (non-hydrogen) atoms. The van der Waals surface area contributed by atoms with E-state index < -0.39 is 11.9 Å². The van der Waals surface area contributed by atoms with Gasteiger partial charge in [0.25, 0.3) is 0 Å². The Morgan fingerprint density at radius 1 is 1.65 bits per heavy atom. The summed E-state index contributed by atoms with van der Waals surface area (Å²) in [6.45, 7) is 2.03. The van der Waals surface area contributed by atoms with Crippen LogP contribution in [0.1, 0.15) is 32.6 Å². The highest BCUT2D eigenvalue weighted by Crippen LogP contribution is 2.29. The lowest BCUT2D eigenvalue weighted by Crippen LogP contribution is -2.32. The summed E-state index contributed by atoms with van der Waals surface area (Å²) < 4.78 is 4.92. The number of hydrogen-bond donors (Lipinski definition) is 0. The van der Waals surface area contributed by atoms with E-state index in [0.717, 1.165) is 31.4 Å². The number of carbonyl (C=O) groups excluding carboxylic acids is 1. The number of carbonyl (C=O) groups is 1. The van der Waals surface area contributed by atoms with Gasteiger partial charge in [-0.3, -0.25) is 4.79 Å².